The molecular formula is C17H26Si2. The molecule has 3 rings (SSSR count). The van der Waals surface area contributed by atoms with Crippen LogP contribution in [0.25, 0.3) is 0 Å². The minimum Gasteiger partial charge on any atom is -0.0812 e. The van der Waals surface area contributed by atoms with Crippen molar-refractivity contribution in [3.05, 3.63) is 45.1 Å². The molecule has 0 aromatic carbocycles. The quantitative estimate of drug-likeness (QED) is 0.597. The Kier molecular flexibility index (Phi) is 2.78. The molecule has 102 valence electrons. The van der Waals surface area contributed by atoms with Crippen molar-refractivity contribution >= 4 is 16.1 Å². The highest BCUT2D eigenvalue weighted by Gasteiger charge is 2.51. The summed E-state index contributed by atoms with van der Waals surface area (Å²) in [5, 5.41) is 7.23. The molecular weight excluding hydrogens is 260 g/mol. The van der Waals surface area contributed by atoms with E-state index in [1.807, 2.05) is 5.20 Å². The molecule has 0 saturated heterocycles. The van der Waals surface area contributed by atoms with Gasteiger partial charge in [-0.2, -0.15) is 0 Å². The second-order valence-corrected chi connectivity index (χ2v) is 16.3. The second-order valence-electron chi connectivity index (χ2n) is 7.68. The molecule has 0 fully saturated rings. The fourth-order valence-electron chi connectivity index (χ4n) is 4.41. The van der Waals surface area contributed by atoms with Crippen molar-refractivity contribution in [1.82, 2.24) is 0 Å². The van der Waals surface area contributed by atoms with Gasteiger partial charge in [-0.25, -0.2) is 0 Å². The van der Waals surface area contributed by atoms with Crippen LogP contribution in [0, 0.1) is 11.8 Å². The highest BCUT2D eigenvalue weighted by molar-refractivity contribution is 7.04. The number of fused-ring (bicyclic) bond motifs is 1. The Morgan fingerprint density at radius 3 is 2.16 bits per heavy atom. The van der Waals surface area contributed by atoms with E-state index in [0.717, 1.165) is 5.92 Å². The molecule has 0 spiro atoms. The molecule has 0 radical (unpaired) electrons. The molecule has 0 bridgehead atoms. The minimum atomic E-state index is -1.42. The summed E-state index contributed by atoms with van der Waals surface area (Å²) in [6.07, 6.45) is 11.3. The number of hydrogen-bond acceptors (Lipinski definition) is 0. The average Bonchev–Trinajstić information content (AvgIpc) is 2.95. The van der Waals surface area contributed by atoms with E-state index < -0.39 is 16.1 Å². The first-order valence-corrected chi connectivity index (χ1v) is 13.6. The molecule has 1 heterocycles. The van der Waals surface area contributed by atoms with Crippen molar-refractivity contribution in [3.8, 4) is 0 Å². The molecule has 0 aromatic heterocycles. The van der Waals surface area contributed by atoms with Gasteiger partial charge in [-0.3, -0.25) is 0 Å². The lowest BCUT2D eigenvalue weighted by Gasteiger charge is -2.44. The van der Waals surface area contributed by atoms with Gasteiger partial charge in [0, 0.05) is 0 Å². The van der Waals surface area contributed by atoms with E-state index in [1.165, 1.54) is 6.42 Å². The summed E-state index contributed by atoms with van der Waals surface area (Å²) in [7, 11) is -2.83. The van der Waals surface area contributed by atoms with Crippen LogP contribution in [0.3, 0.4) is 0 Å². The van der Waals surface area contributed by atoms with E-state index in [4.69, 9.17) is 0 Å². The maximum Gasteiger partial charge on any atom is 0.111 e. The Morgan fingerprint density at radius 1 is 1.00 bits per heavy atom. The highest BCUT2D eigenvalue weighted by Crippen LogP contribution is 2.52. The maximum absolute atomic E-state index is 2.58. The highest BCUT2D eigenvalue weighted by atomic mass is 28.3. The Morgan fingerprint density at radius 2 is 1.58 bits per heavy atom. The lowest BCUT2D eigenvalue weighted by Crippen LogP contribution is -2.49. The third-order valence-electron chi connectivity index (χ3n) is 5.44. The standard InChI is InChI=1S/C17H26Si2/c1-12(2)13-10-11-16-17(13)19(5,6)15-9-7-8-14(15)18(16,3)4/h8-13H,7H2,1-6H3. The van der Waals surface area contributed by atoms with Crippen molar-refractivity contribution < 1.29 is 0 Å². The molecule has 0 amide bonds. The van der Waals surface area contributed by atoms with Crippen molar-refractivity contribution in [2.24, 2.45) is 11.8 Å². The van der Waals surface area contributed by atoms with E-state index in [9.17, 15) is 0 Å². The van der Waals surface area contributed by atoms with E-state index in [1.54, 1.807) is 15.6 Å². The fraction of sp³-hybridized carbons (Fsp3) is 0.529. The van der Waals surface area contributed by atoms with Gasteiger partial charge in [-0.05, 0) is 18.3 Å². The van der Waals surface area contributed by atoms with Gasteiger partial charge in [-0.1, -0.05) is 85.1 Å². The molecule has 0 aromatic rings. The summed E-state index contributed by atoms with van der Waals surface area (Å²) in [5.74, 6) is 1.46. The number of rotatable bonds is 1. The first-order valence-electron chi connectivity index (χ1n) is 7.63. The zero-order chi connectivity index (χ0) is 14.0. The summed E-state index contributed by atoms with van der Waals surface area (Å²) >= 11 is 0. The van der Waals surface area contributed by atoms with Crippen LogP contribution in [-0.4, -0.2) is 16.1 Å². The summed E-state index contributed by atoms with van der Waals surface area (Å²) in [4.78, 5) is 0. The van der Waals surface area contributed by atoms with Crippen molar-refractivity contribution in [3.63, 3.8) is 0 Å². The zero-order valence-electron chi connectivity index (χ0n) is 13.2. The molecule has 1 atom stereocenters. The Labute approximate surface area is 120 Å². The summed E-state index contributed by atoms with van der Waals surface area (Å²) in [6.45, 7) is 15.1. The monoisotopic (exact) mass is 286 g/mol. The van der Waals surface area contributed by atoms with E-state index in [-0.39, 0.29) is 0 Å². The van der Waals surface area contributed by atoms with Crippen molar-refractivity contribution in [1.29, 1.82) is 0 Å². The Hall–Kier alpha value is -0.606. The molecule has 1 aliphatic heterocycles. The lowest BCUT2D eigenvalue weighted by atomic mass is 9.98. The van der Waals surface area contributed by atoms with Gasteiger partial charge in [0.25, 0.3) is 0 Å². The van der Waals surface area contributed by atoms with Crippen LogP contribution in [0.1, 0.15) is 20.3 Å². The second kappa shape index (κ2) is 3.95. The van der Waals surface area contributed by atoms with Gasteiger partial charge in [0.2, 0.25) is 0 Å². The maximum atomic E-state index is 2.58. The van der Waals surface area contributed by atoms with Crippen LogP contribution in [0.2, 0.25) is 26.2 Å². The molecule has 19 heavy (non-hydrogen) atoms. The van der Waals surface area contributed by atoms with Gasteiger partial charge >= 0.3 is 0 Å². The van der Waals surface area contributed by atoms with E-state index >= 15 is 0 Å². The molecule has 1 unspecified atom stereocenters. The normalized spacial score (nSPS) is 30.4. The largest absolute Gasteiger partial charge is 0.111 e. The molecule has 2 aliphatic carbocycles. The Bertz CT molecular complexity index is 554. The smallest absolute Gasteiger partial charge is 0.0812 e. The van der Waals surface area contributed by atoms with Crippen molar-refractivity contribution in [2.45, 2.75) is 46.5 Å². The van der Waals surface area contributed by atoms with Crippen molar-refractivity contribution in [2.75, 3.05) is 0 Å². The average molecular weight is 287 g/mol. The lowest BCUT2D eigenvalue weighted by molar-refractivity contribution is 0.544. The summed E-state index contributed by atoms with van der Waals surface area (Å²) < 4.78 is 0. The topological polar surface area (TPSA) is 0 Å². The summed E-state index contributed by atoms with van der Waals surface area (Å²) in [6, 6.07) is 0. The van der Waals surface area contributed by atoms with E-state index in [0.29, 0.717) is 5.92 Å². The van der Waals surface area contributed by atoms with Crippen LogP contribution in [0.5, 0.6) is 0 Å². The van der Waals surface area contributed by atoms with Crippen LogP contribution in [0.15, 0.2) is 45.1 Å². The summed E-state index contributed by atoms with van der Waals surface area (Å²) in [5.41, 5.74) is 0. The van der Waals surface area contributed by atoms with Crippen LogP contribution in [0.4, 0.5) is 0 Å². The molecule has 3 aliphatic rings. The molecule has 0 nitrogen and oxygen atoms in total. The van der Waals surface area contributed by atoms with Crippen LogP contribution < -0.4 is 0 Å². The van der Waals surface area contributed by atoms with Crippen LogP contribution in [-0.2, 0) is 0 Å². The third-order valence-corrected chi connectivity index (χ3v) is 13.3. The predicted molar refractivity (Wildman–Crippen MR) is 90.2 cm³/mol. The molecule has 0 saturated carbocycles. The predicted octanol–water partition coefficient (Wildman–Crippen LogP) is 4.97. The van der Waals surface area contributed by atoms with Gasteiger partial charge in [-0.15, -0.1) is 0 Å². The third kappa shape index (κ3) is 1.62. The fourth-order valence-corrected chi connectivity index (χ4v) is 14.9. The minimum absolute atomic E-state index is 0.714. The first-order chi connectivity index (χ1) is 8.78. The van der Waals surface area contributed by atoms with Gasteiger partial charge in [0.05, 0.1) is 0 Å². The SMILES string of the molecule is CC(C)C1C=CC2=C1[Si](C)(C)C1=CCC=C1[Si]2(C)C. The van der Waals surface area contributed by atoms with E-state index in [2.05, 4.69) is 64.3 Å². The number of hydrogen-bond donors (Lipinski definition) is 0. The van der Waals surface area contributed by atoms with Gasteiger partial charge in [0.1, 0.15) is 16.1 Å². The molecule has 0 N–H and O–H groups in total. The number of allylic oxidation sites excluding steroid dienone is 8. The Balaban J connectivity index is 2.25. The van der Waals surface area contributed by atoms with Gasteiger partial charge < -0.3 is 0 Å². The zero-order valence-corrected chi connectivity index (χ0v) is 15.2. The van der Waals surface area contributed by atoms with Crippen LogP contribution >= 0.6 is 0 Å². The van der Waals surface area contributed by atoms with Gasteiger partial charge in [0.15, 0.2) is 0 Å². The first kappa shape index (κ1) is 13.4. The molecule has 2 heteroatoms.